The number of carbonyl (C=O) groups excluding carboxylic acids is 1. The van der Waals surface area contributed by atoms with Gasteiger partial charge in [-0.05, 0) is 37.0 Å². The van der Waals surface area contributed by atoms with Crippen LogP contribution >= 0.6 is 0 Å². The molecule has 0 bridgehead atoms. The van der Waals surface area contributed by atoms with Crippen LogP contribution in [0.5, 0.6) is 0 Å². The average Bonchev–Trinajstić information content (AvgIpc) is 3.24. The molecule has 0 aliphatic carbocycles. The number of aliphatic hydroxyl groups is 1. The number of nitrogens with zero attached hydrogens (tertiary/aromatic N) is 2. The van der Waals surface area contributed by atoms with Gasteiger partial charge in [0, 0.05) is 36.8 Å². The average molecular weight is 375 g/mol. The first kappa shape index (κ1) is 18.4. The van der Waals surface area contributed by atoms with Crippen molar-refractivity contribution in [1.29, 1.82) is 0 Å². The Labute approximate surface area is 165 Å². The normalized spacial score (nSPS) is 16.1. The summed E-state index contributed by atoms with van der Waals surface area (Å²) in [6, 6.07) is 15.9. The van der Waals surface area contributed by atoms with Crippen molar-refractivity contribution < 1.29 is 9.90 Å². The van der Waals surface area contributed by atoms with Crippen LogP contribution < -0.4 is 0 Å². The summed E-state index contributed by atoms with van der Waals surface area (Å²) < 4.78 is 0. The van der Waals surface area contributed by atoms with E-state index in [1.54, 1.807) is 12.4 Å². The van der Waals surface area contributed by atoms with Crippen molar-refractivity contribution in [3.8, 4) is 11.1 Å². The van der Waals surface area contributed by atoms with Crippen LogP contribution in [0, 0.1) is 6.92 Å². The molecular formula is C23H25N3O2. The number of aromatic amines is 1. The number of nitrogens with one attached hydrogen (secondary N) is 1. The summed E-state index contributed by atoms with van der Waals surface area (Å²) in [7, 11) is 0. The second kappa shape index (κ2) is 7.60. The summed E-state index contributed by atoms with van der Waals surface area (Å²) in [5.41, 5.74) is 4.05. The molecule has 0 unspecified atom stereocenters. The van der Waals surface area contributed by atoms with Gasteiger partial charge in [0.25, 0.3) is 5.91 Å². The second-order valence-electron chi connectivity index (χ2n) is 7.71. The van der Waals surface area contributed by atoms with E-state index in [-0.39, 0.29) is 5.91 Å². The zero-order valence-electron chi connectivity index (χ0n) is 16.1. The predicted octanol–water partition coefficient (Wildman–Crippen LogP) is 3.59. The van der Waals surface area contributed by atoms with E-state index in [4.69, 9.17) is 0 Å². The number of piperidine rings is 1. The minimum atomic E-state index is -0.754. The van der Waals surface area contributed by atoms with Gasteiger partial charge in [0.05, 0.1) is 11.8 Å². The summed E-state index contributed by atoms with van der Waals surface area (Å²) in [4.78, 5) is 15.0. The van der Waals surface area contributed by atoms with E-state index in [0.717, 1.165) is 16.7 Å². The van der Waals surface area contributed by atoms with Crippen LogP contribution in [0.3, 0.4) is 0 Å². The minimum absolute atomic E-state index is 0.00851. The highest BCUT2D eigenvalue weighted by molar-refractivity contribution is 6.00. The summed E-state index contributed by atoms with van der Waals surface area (Å²) in [6.07, 6.45) is 5.31. The standard InChI is InChI=1S/C23H25N3O2/c1-17-6-8-18(9-7-17)14-23(28)10-12-26(13-11-23)22(27)21-5-3-2-4-20(21)19-15-24-25-16-19/h2-9,15-16,28H,10-14H2,1H3,(H,24,25). The van der Waals surface area contributed by atoms with Gasteiger partial charge in [-0.2, -0.15) is 5.10 Å². The number of benzene rings is 2. The van der Waals surface area contributed by atoms with E-state index in [1.165, 1.54) is 5.56 Å². The Morgan fingerprint density at radius 1 is 1.14 bits per heavy atom. The van der Waals surface area contributed by atoms with Gasteiger partial charge in [0.2, 0.25) is 0 Å². The molecule has 0 spiro atoms. The smallest absolute Gasteiger partial charge is 0.254 e. The van der Waals surface area contributed by atoms with Gasteiger partial charge in [-0.1, -0.05) is 48.0 Å². The van der Waals surface area contributed by atoms with Gasteiger partial charge in [-0.15, -0.1) is 0 Å². The van der Waals surface area contributed by atoms with E-state index in [2.05, 4.69) is 41.4 Å². The zero-order valence-corrected chi connectivity index (χ0v) is 16.1. The molecule has 3 aromatic rings. The number of hydrogen-bond acceptors (Lipinski definition) is 3. The highest BCUT2D eigenvalue weighted by Gasteiger charge is 2.34. The number of H-pyrrole nitrogens is 1. The molecule has 1 fully saturated rings. The lowest BCUT2D eigenvalue weighted by molar-refractivity contribution is -0.0162. The van der Waals surface area contributed by atoms with Crippen LogP contribution in [0.2, 0.25) is 0 Å². The minimum Gasteiger partial charge on any atom is -0.389 e. The number of amides is 1. The van der Waals surface area contributed by atoms with Crippen molar-refractivity contribution >= 4 is 5.91 Å². The Bertz CT molecular complexity index is 940. The molecule has 1 saturated heterocycles. The fraction of sp³-hybridized carbons (Fsp3) is 0.304. The largest absolute Gasteiger partial charge is 0.389 e. The third-order valence-electron chi connectivity index (χ3n) is 5.60. The summed E-state index contributed by atoms with van der Waals surface area (Å²) >= 11 is 0. The molecule has 2 aromatic carbocycles. The van der Waals surface area contributed by atoms with E-state index in [1.807, 2.05) is 29.2 Å². The molecule has 0 atom stereocenters. The number of hydrogen-bond donors (Lipinski definition) is 2. The molecule has 1 aliphatic heterocycles. The quantitative estimate of drug-likeness (QED) is 0.732. The van der Waals surface area contributed by atoms with Crippen LogP contribution in [0.25, 0.3) is 11.1 Å². The van der Waals surface area contributed by atoms with Gasteiger partial charge in [0.1, 0.15) is 0 Å². The van der Waals surface area contributed by atoms with Crippen LogP contribution in [0.4, 0.5) is 0 Å². The molecule has 1 aliphatic rings. The summed E-state index contributed by atoms with van der Waals surface area (Å²) in [6.45, 7) is 3.17. The van der Waals surface area contributed by atoms with Crippen LogP contribution in [-0.4, -0.2) is 44.8 Å². The Morgan fingerprint density at radius 3 is 2.54 bits per heavy atom. The van der Waals surface area contributed by atoms with Crippen LogP contribution in [0.15, 0.2) is 60.9 Å². The van der Waals surface area contributed by atoms with Gasteiger partial charge in [-0.25, -0.2) is 0 Å². The second-order valence-corrected chi connectivity index (χ2v) is 7.71. The summed E-state index contributed by atoms with van der Waals surface area (Å²) in [5, 5.41) is 17.8. The Morgan fingerprint density at radius 2 is 1.86 bits per heavy atom. The third kappa shape index (κ3) is 3.85. The van der Waals surface area contributed by atoms with E-state index in [0.29, 0.717) is 37.9 Å². The maximum Gasteiger partial charge on any atom is 0.254 e. The van der Waals surface area contributed by atoms with Crippen molar-refractivity contribution in [2.24, 2.45) is 0 Å². The van der Waals surface area contributed by atoms with E-state index in [9.17, 15) is 9.90 Å². The molecule has 28 heavy (non-hydrogen) atoms. The van der Waals surface area contributed by atoms with Crippen molar-refractivity contribution in [2.75, 3.05) is 13.1 Å². The van der Waals surface area contributed by atoms with E-state index < -0.39 is 5.60 Å². The fourth-order valence-corrected chi connectivity index (χ4v) is 3.88. The molecule has 144 valence electrons. The maximum atomic E-state index is 13.1. The lowest BCUT2D eigenvalue weighted by Gasteiger charge is -2.38. The molecule has 5 heteroatoms. The highest BCUT2D eigenvalue weighted by Crippen LogP contribution is 2.29. The Kier molecular flexibility index (Phi) is 5.01. The van der Waals surface area contributed by atoms with Crippen molar-refractivity contribution in [2.45, 2.75) is 31.8 Å². The fourth-order valence-electron chi connectivity index (χ4n) is 3.88. The van der Waals surface area contributed by atoms with E-state index >= 15 is 0 Å². The van der Waals surface area contributed by atoms with Crippen LogP contribution in [-0.2, 0) is 6.42 Å². The number of likely N-dealkylation sites (tertiary alicyclic amines) is 1. The van der Waals surface area contributed by atoms with Crippen molar-refractivity contribution in [3.05, 3.63) is 77.6 Å². The Hall–Kier alpha value is -2.92. The first-order valence-electron chi connectivity index (χ1n) is 9.69. The first-order chi connectivity index (χ1) is 13.5. The monoisotopic (exact) mass is 375 g/mol. The summed E-state index contributed by atoms with van der Waals surface area (Å²) in [5.74, 6) is 0.00851. The SMILES string of the molecule is Cc1ccc(CC2(O)CCN(C(=O)c3ccccc3-c3cn[nH]c3)CC2)cc1. The molecule has 2 heterocycles. The first-order valence-corrected chi connectivity index (χ1v) is 9.69. The third-order valence-corrected chi connectivity index (χ3v) is 5.60. The lowest BCUT2D eigenvalue weighted by Crippen LogP contribution is -2.47. The van der Waals surface area contributed by atoms with Gasteiger partial charge in [-0.3, -0.25) is 9.89 Å². The van der Waals surface area contributed by atoms with Gasteiger partial charge >= 0.3 is 0 Å². The zero-order chi connectivity index (χ0) is 19.6. The van der Waals surface area contributed by atoms with Gasteiger partial charge in [0.15, 0.2) is 0 Å². The molecule has 1 aromatic heterocycles. The molecule has 0 radical (unpaired) electrons. The molecule has 0 saturated carbocycles. The maximum absolute atomic E-state index is 13.1. The number of carbonyl (C=O) groups is 1. The molecule has 2 N–H and O–H groups in total. The Balaban J connectivity index is 1.45. The molecule has 1 amide bonds. The lowest BCUT2D eigenvalue weighted by atomic mass is 9.85. The highest BCUT2D eigenvalue weighted by atomic mass is 16.3. The number of rotatable bonds is 4. The van der Waals surface area contributed by atoms with Crippen molar-refractivity contribution in [3.63, 3.8) is 0 Å². The number of aromatic nitrogens is 2. The molecule has 4 rings (SSSR count). The molecular weight excluding hydrogens is 350 g/mol. The van der Waals surface area contributed by atoms with Crippen molar-refractivity contribution in [1.82, 2.24) is 15.1 Å². The van der Waals surface area contributed by atoms with Gasteiger partial charge < -0.3 is 10.0 Å². The predicted molar refractivity (Wildman–Crippen MR) is 109 cm³/mol. The molecule has 5 nitrogen and oxygen atoms in total. The number of aryl methyl sites for hydroxylation is 1. The van der Waals surface area contributed by atoms with Crippen LogP contribution in [0.1, 0.15) is 34.3 Å². The topological polar surface area (TPSA) is 69.2 Å².